The standard InChI is InChI=1S/C28H34ClN5O3/c1-28(2,3)37-27(36)30-8-9-33-10-12-34(13-11-33)17-18-4-7-23-19(14-18)15-24(32-23)20-5-6-22(29)21-16-31-26(35)25(20)21/h4-7,14-15,32H,8-13,16-17H2,1-3H3,(H,30,36)(H,31,35). The van der Waals surface area contributed by atoms with Crippen molar-refractivity contribution in [2.75, 3.05) is 39.3 Å². The Bertz CT molecular complexity index is 1320. The quantitative estimate of drug-likeness (QED) is 0.446. The molecule has 0 atom stereocenters. The Morgan fingerprint density at radius 2 is 1.84 bits per heavy atom. The third-order valence-corrected chi connectivity index (χ3v) is 7.21. The average molecular weight is 524 g/mol. The first-order valence-corrected chi connectivity index (χ1v) is 13.2. The van der Waals surface area contributed by atoms with Gasteiger partial charge >= 0.3 is 6.09 Å². The SMILES string of the molecule is CC(C)(C)OC(=O)NCCN1CCN(Cc2ccc3[nH]c(-c4ccc(Cl)c5c4C(=O)NC5)cc3c2)CC1. The van der Waals surface area contributed by atoms with Gasteiger partial charge in [-0.1, -0.05) is 23.7 Å². The van der Waals surface area contributed by atoms with Gasteiger partial charge in [0, 0.05) is 85.1 Å². The zero-order valence-corrected chi connectivity index (χ0v) is 22.4. The zero-order chi connectivity index (χ0) is 26.2. The van der Waals surface area contributed by atoms with Crippen molar-refractivity contribution < 1.29 is 14.3 Å². The number of amides is 2. The van der Waals surface area contributed by atoms with E-state index in [1.54, 1.807) is 0 Å². The number of benzene rings is 2. The largest absolute Gasteiger partial charge is 0.444 e. The number of ether oxygens (including phenoxy) is 1. The third-order valence-electron chi connectivity index (χ3n) is 6.85. The molecule has 1 fully saturated rings. The summed E-state index contributed by atoms with van der Waals surface area (Å²) in [5.74, 6) is -0.0772. The molecule has 2 aliphatic heterocycles. The van der Waals surface area contributed by atoms with Crippen LogP contribution in [0.25, 0.3) is 22.2 Å². The van der Waals surface area contributed by atoms with Crippen LogP contribution in [0, 0.1) is 0 Å². The summed E-state index contributed by atoms with van der Waals surface area (Å²) in [5, 5.41) is 7.47. The van der Waals surface area contributed by atoms with Gasteiger partial charge < -0.3 is 20.4 Å². The molecule has 3 aromatic rings. The fourth-order valence-corrected chi connectivity index (χ4v) is 5.25. The van der Waals surface area contributed by atoms with E-state index >= 15 is 0 Å². The Labute approximate surface area is 222 Å². The van der Waals surface area contributed by atoms with Crippen molar-refractivity contribution in [3.63, 3.8) is 0 Å². The molecule has 1 aromatic heterocycles. The Morgan fingerprint density at radius 1 is 1.08 bits per heavy atom. The van der Waals surface area contributed by atoms with E-state index in [9.17, 15) is 9.59 Å². The van der Waals surface area contributed by atoms with Gasteiger partial charge in [-0.2, -0.15) is 0 Å². The minimum atomic E-state index is -0.479. The first-order valence-electron chi connectivity index (χ1n) is 12.8. The first kappa shape index (κ1) is 25.6. The van der Waals surface area contributed by atoms with Crippen LogP contribution >= 0.6 is 11.6 Å². The van der Waals surface area contributed by atoms with Crippen molar-refractivity contribution in [3.8, 4) is 11.3 Å². The Kier molecular flexibility index (Phi) is 7.16. The first-order chi connectivity index (χ1) is 17.7. The number of aromatic nitrogens is 1. The van der Waals surface area contributed by atoms with E-state index in [-0.39, 0.29) is 12.0 Å². The maximum absolute atomic E-state index is 12.4. The summed E-state index contributed by atoms with van der Waals surface area (Å²) < 4.78 is 5.29. The molecule has 9 heteroatoms. The monoisotopic (exact) mass is 523 g/mol. The van der Waals surface area contributed by atoms with E-state index in [4.69, 9.17) is 16.3 Å². The zero-order valence-electron chi connectivity index (χ0n) is 21.6. The summed E-state index contributed by atoms with van der Waals surface area (Å²) in [6, 6.07) is 12.4. The van der Waals surface area contributed by atoms with Crippen LogP contribution in [-0.2, 0) is 17.8 Å². The predicted molar refractivity (Wildman–Crippen MR) is 146 cm³/mol. The predicted octanol–water partition coefficient (Wildman–Crippen LogP) is 4.37. The molecule has 2 amide bonds. The van der Waals surface area contributed by atoms with E-state index in [1.165, 1.54) is 5.56 Å². The summed E-state index contributed by atoms with van der Waals surface area (Å²) in [5.41, 5.74) is 5.16. The third kappa shape index (κ3) is 5.92. The Morgan fingerprint density at radius 3 is 2.59 bits per heavy atom. The van der Waals surface area contributed by atoms with Crippen LogP contribution in [-0.4, -0.2) is 71.7 Å². The van der Waals surface area contributed by atoms with Crippen molar-refractivity contribution in [3.05, 3.63) is 58.1 Å². The summed E-state index contributed by atoms with van der Waals surface area (Å²) in [6.07, 6.45) is -0.363. The van der Waals surface area contributed by atoms with E-state index < -0.39 is 5.60 Å². The van der Waals surface area contributed by atoms with Gasteiger partial charge in [-0.05, 0) is 50.6 Å². The highest BCUT2D eigenvalue weighted by Crippen LogP contribution is 2.34. The normalized spacial score (nSPS) is 16.6. The molecule has 0 spiro atoms. The molecule has 37 heavy (non-hydrogen) atoms. The molecule has 0 radical (unpaired) electrons. The summed E-state index contributed by atoms with van der Waals surface area (Å²) in [4.78, 5) is 32.6. The molecule has 2 aliphatic rings. The van der Waals surface area contributed by atoms with Gasteiger partial charge in [0.2, 0.25) is 0 Å². The molecule has 196 valence electrons. The molecule has 3 heterocycles. The molecule has 2 aromatic carbocycles. The molecular formula is C28H34ClN5O3. The second-order valence-electron chi connectivity index (χ2n) is 10.8. The van der Waals surface area contributed by atoms with Gasteiger partial charge in [-0.15, -0.1) is 0 Å². The molecule has 1 saturated heterocycles. The number of fused-ring (bicyclic) bond motifs is 2. The lowest BCUT2D eigenvalue weighted by molar-refractivity contribution is 0.0515. The second-order valence-corrected chi connectivity index (χ2v) is 11.2. The summed E-state index contributed by atoms with van der Waals surface area (Å²) in [6.45, 7) is 12.3. The fourth-order valence-electron chi connectivity index (χ4n) is 5.02. The van der Waals surface area contributed by atoms with Gasteiger partial charge in [0.15, 0.2) is 0 Å². The Balaban J connectivity index is 1.17. The minimum absolute atomic E-state index is 0.0772. The van der Waals surface area contributed by atoms with Gasteiger partial charge in [0.1, 0.15) is 5.60 Å². The number of carbonyl (C=O) groups is 2. The van der Waals surface area contributed by atoms with Gasteiger partial charge in [-0.25, -0.2) is 4.79 Å². The highest BCUT2D eigenvalue weighted by Gasteiger charge is 2.26. The molecular weight excluding hydrogens is 490 g/mol. The number of nitrogens with zero attached hydrogens (tertiary/aromatic N) is 2. The van der Waals surface area contributed by atoms with Crippen LogP contribution in [0.15, 0.2) is 36.4 Å². The second kappa shape index (κ2) is 10.4. The number of hydrogen-bond donors (Lipinski definition) is 3. The molecule has 0 unspecified atom stereocenters. The Hall–Kier alpha value is -3.07. The van der Waals surface area contributed by atoms with Crippen LogP contribution in [0.3, 0.4) is 0 Å². The average Bonchev–Trinajstić information content (AvgIpc) is 3.43. The lowest BCUT2D eigenvalue weighted by atomic mass is 10.0. The van der Waals surface area contributed by atoms with Crippen molar-refractivity contribution >= 4 is 34.5 Å². The van der Waals surface area contributed by atoms with Crippen LogP contribution in [0.4, 0.5) is 4.79 Å². The van der Waals surface area contributed by atoms with Crippen molar-refractivity contribution in [2.45, 2.75) is 39.5 Å². The molecule has 5 rings (SSSR count). The van der Waals surface area contributed by atoms with Crippen LogP contribution < -0.4 is 10.6 Å². The van der Waals surface area contributed by atoms with E-state index in [0.717, 1.165) is 67.0 Å². The number of nitrogens with one attached hydrogen (secondary N) is 3. The number of halogens is 1. The highest BCUT2D eigenvalue weighted by molar-refractivity contribution is 6.32. The number of piperazine rings is 1. The minimum Gasteiger partial charge on any atom is -0.444 e. The van der Waals surface area contributed by atoms with Gasteiger partial charge in [-0.3, -0.25) is 14.6 Å². The number of hydrogen-bond acceptors (Lipinski definition) is 5. The number of H-pyrrole nitrogens is 1. The van der Waals surface area contributed by atoms with Gasteiger partial charge in [0.25, 0.3) is 5.91 Å². The van der Waals surface area contributed by atoms with E-state index in [2.05, 4.69) is 49.7 Å². The number of rotatable bonds is 6. The molecule has 0 bridgehead atoms. The van der Waals surface area contributed by atoms with E-state index in [0.29, 0.717) is 23.7 Å². The van der Waals surface area contributed by atoms with Crippen molar-refractivity contribution in [1.29, 1.82) is 0 Å². The highest BCUT2D eigenvalue weighted by atomic mass is 35.5. The number of aromatic amines is 1. The lowest BCUT2D eigenvalue weighted by Crippen LogP contribution is -2.48. The van der Waals surface area contributed by atoms with Crippen LogP contribution in [0.5, 0.6) is 0 Å². The van der Waals surface area contributed by atoms with Gasteiger partial charge in [0.05, 0.1) is 5.56 Å². The molecule has 8 nitrogen and oxygen atoms in total. The summed E-state index contributed by atoms with van der Waals surface area (Å²) >= 11 is 6.32. The maximum atomic E-state index is 12.4. The summed E-state index contributed by atoms with van der Waals surface area (Å²) in [7, 11) is 0. The topological polar surface area (TPSA) is 89.7 Å². The van der Waals surface area contributed by atoms with Crippen molar-refractivity contribution in [1.82, 2.24) is 25.4 Å². The lowest BCUT2D eigenvalue weighted by Gasteiger charge is -2.34. The van der Waals surface area contributed by atoms with E-state index in [1.807, 2.05) is 32.9 Å². The smallest absolute Gasteiger partial charge is 0.407 e. The van der Waals surface area contributed by atoms with Crippen LogP contribution in [0.2, 0.25) is 5.02 Å². The number of alkyl carbamates (subject to hydrolysis) is 1. The number of carbonyl (C=O) groups excluding carboxylic acids is 2. The molecule has 3 N–H and O–H groups in total. The molecule has 0 saturated carbocycles. The van der Waals surface area contributed by atoms with Crippen LogP contribution in [0.1, 0.15) is 42.3 Å². The fraction of sp³-hybridized carbons (Fsp3) is 0.429. The molecule has 0 aliphatic carbocycles. The maximum Gasteiger partial charge on any atom is 0.407 e. The van der Waals surface area contributed by atoms with Crippen molar-refractivity contribution in [2.24, 2.45) is 0 Å².